The van der Waals surface area contributed by atoms with Gasteiger partial charge in [-0.3, -0.25) is 9.59 Å². The number of imide groups is 1. The summed E-state index contributed by atoms with van der Waals surface area (Å²) in [6.07, 6.45) is 0.185. The summed E-state index contributed by atoms with van der Waals surface area (Å²) in [6, 6.07) is 7.24. The van der Waals surface area contributed by atoms with E-state index in [2.05, 4.69) is 6.07 Å². The number of benzene rings is 1. The van der Waals surface area contributed by atoms with Crippen molar-refractivity contribution in [3.05, 3.63) is 29.3 Å². The minimum Gasteiger partial charge on any atom is -0.274 e. The van der Waals surface area contributed by atoms with Gasteiger partial charge in [-0.05, 0) is 18.6 Å². The van der Waals surface area contributed by atoms with Crippen molar-refractivity contribution in [2.75, 3.05) is 4.90 Å². The molecule has 1 aromatic rings. The lowest BCUT2D eigenvalue weighted by Gasteiger charge is -2.19. The lowest BCUT2D eigenvalue weighted by Crippen LogP contribution is -2.33. The van der Waals surface area contributed by atoms with Crippen LogP contribution < -0.4 is 4.90 Å². The van der Waals surface area contributed by atoms with Crippen LogP contribution in [0.1, 0.15) is 31.4 Å². The first-order valence-electron chi connectivity index (χ1n) is 5.75. The Morgan fingerprint density at radius 3 is 2.50 bits per heavy atom. The van der Waals surface area contributed by atoms with E-state index in [1.807, 2.05) is 0 Å². The molecule has 0 spiro atoms. The molecule has 4 nitrogen and oxygen atoms in total. The second-order valence-corrected chi connectivity index (χ2v) is 5.18. The van der Waals surface area contributed by atoms with Gasteiger partial charge in [0.1, 0.15) is 6.07 Å². The molecule has 1 aromatic carbocycles. The third kappa shape index (κ3) is 1.68. The number of hydrogen-bond donors (Lipinski definition) is 0. The molecule has 18 heavy (non-hydrogen) atoms. The maximum Gasteiger partial charge on any atom is 0.239 e. The fourth-order valence-electron chi connectivity index (χ4n) is 2.18. The number of nitrogens with zero attached hydrogens (tertiary/aromatic N) is 2. The van der Waals surface area contributed by atoms with Gasteiger partial charge in [-0.2, -0.15) is 5.26 Å². The predicted molar refractivity (Wildman–Crippen MR) is 66.8 cm³/mol. The number of hydrogen-bond acceptors (Lipinski definition) is 3. The normalized spacial score (nSPS) is 18.0. The minimum atomic E-state index is -0.687. The van der Waals surface area contributed by atoms with Crippen LogP contribution in [0.3, 0.4) is 0 Å². The highest BCUT2D eigenvalue weighted by Crippen LogP contribution is 2.36. The highest BCUT2D eigenvalue weighted by Gasteiger charge is 2.46. The number of anilines is 1. The van der Waals surface area contributed by atoms with Crippen molar-refractivity contribution in [3.63, 3.8) is 0 Å². The quantitative estimate of drug-likeness (QED) is 0.709. The standard InChI is InChI=1S/C14H14N2O2/c1-9-5-4-6-11(10(9)8-15)16-12(17)7-14(2,3)13(16)18/h4-6H,7H2,1-3H3. The molecular formula is C14H14N2O2. The topological polar surface area (TPSA) is 61.2 Å². The van der Waals surface area contributed by atoms with Crippen molar-refractivity contribution in [3.8, 4) is 6.07 Å². The van der Waals surface area contributed by atoms with Crippen molar-refractivity contribution in [2.24, 2.45) is 5.41 Å². The third-order valence-corrected chi connectivity index (χ3v) is 3.23. The Morgan fingerprint density at radius 2 is 2.00 bits per heavy atom. The van der Waals surface area contributed by atoms with Crippen LogP contribution in [-0.2, 0) is 9.59 Å². The van der Waals surface area contributed by atoms with Gasteiger partial charge in [0.25, 0.3) is 0 Å². The van der Waals surface area contributed by atoms with Crippen LogP contribution in [0.4, 0.5) is 5.69 Å². The molecule has 1 fully saturated rings. The minimum absolute atomic E-state index is 0.185. The molecule has 0 atom stereocenters. The molecular weight excluding hydrogens is 228 g/mol. The average molecular weight is 242 g/mol. The first kappa shape index (κ1) is 12.3. The molecule has 1 saturated heterocycles. The third-order valence-electron chi connectivity index (χ3n) is 3.23. The Bertz CT molecular complexity index is 582. The Balaban J connectivity index is 2.58. The van der Waals surface area contributed by atoms with Crippen molar-refractivity contribution in [1.82, 2.24) is 0 Å². The molecule has 0 N–H and O–H groups in total. The van der Waals surface area contributed by atoms with Gasteiger partial charge in [-0.15, -0.1) is 0 Å². The summed E-state index contributed by atoms with van der Waals surface area (Å²) in [5, 5.41) is 9.16. The Morgan fingerprint density at radius 1 is 1.33 bits per heavy atom. The molecule has 0 aliphatic carbocycles. The molecule has 0 radical (unpaired) electrons. The summed E-state index contributed by atoms with van der Waals surface area (Å²) in [5.74, 6) is -0.485. The van der Waals surface area contributed by atoms with Crippen molar-refractivity contribution >= 4 is 17.5 Å². The molecule has 0 saturated carbocycles. The maximum atomic E-state index is 12.2. The van der Waals surface area contributed by atoms with Crippen molar-refractivity contribution in [1.29, 1.82) is 5.26 Å². The Hall–Kier alpha value is -2.15. The summed E-state index contributed by atoms with van der Waals surface area (Å²) < 4.78 is 0. The summed E-state index contributed by atoms with van der Waals surface area (Å²) >= 11 is 0. The summed E-state index contributed by atoms with van der Waals surface area (Å²) in [6.45, 7) is 5.28. The van der Waals surface area contributed by atoms with E-state index >= 15 is 0 Å². The molecule has 4 heteroatoms. The van der Waals surface area contributed by atoms with Gasteiger partial charge in [-0.1, -0.05) is 26.0 Å². The van der Waals surface area contributed by atoms with Crippen LogP contribution in [0, 0.1) is 23.7 Å². The van der Waals surface area contributed by atoms with Crippen molar-refractivity contribution in [2.45, 2.75) is 27.2 Å². The molecule has 2 rings (SSSR count). The van der Waals surface area contributed by atoms with Crippen molar-refractivity contribution < 1.29 is 9.59 Å². The zero-order chi connectivity index (χ0) is 13.5. The van der Waals surface area contributed by atoms with Gasteiger partial charge in [0, 0.05) is 6.42 Å². The lowest BCUT2D eigenvalue weighted by atomic mass is 9.92. The van der Waals surface area contributed by atoms with Gasteiger partial charge in [0.15, 0.2) is 0 Å². The Labute approximate surface area is 106 Å². The van der Waals surface area contributed by atoms with Crippen LogP contribution in [0.2, 0.25) is 0 Å². The van der Waals surface area contributed by atoms with E-state index in [1.54, 1.807) is 39.0 Å². The second kappa shape index (κ2) is 3.95. The molecule has 1 heterocycles. The molecule has 0 unspecified atom stereocenters. The van der Waals surface area contributed by atoms with Gasteiger partial charge in [0.05, 0.1) is 16.7 Å². The highest BCUT2D eigenvalue weighted by atomic mass is 16.2. The number of amides is 2. The van der Waals surface area contributed by atoms with E-state index in [4.69, 9.17) is 5.26 Å². The van der Waals surface area contributed by atoms with Crippen LogP contribution in [-0.4, -0.2) is 11.8 Å². The van der Waals surface area contributed by atoms with E-state index in [0.717, 1.165) is 10.5 Å². The van der Waals surface area contributed by atoms with E-state index in [0.29, 0.717) is 11.3 Å². The summed E-state index contributed by atoms with van der Waals surface area (Å²) in [5.41, 5.74) is 0.864. The highest BCUT2D eigenvalue weighted by molar-refractivity contribution is 6.22. The monoisotopic (exact) mass is 242 g/mol. The molecule has 1 aliphatic rings. The molecule has 1 aliphatic heterocycles. The number of carbonyl (C=O) groups excluding carboxylic acids is 2. The van der Waals surface area contributed by atoms with E-state index in [-0.39, 0.29) is 18.2 Å². The first-order valence-corrected chi connectivity index (χ1v) is 5.75. The first-order chi connectivity index (χ1) is 8.38. The average Bonchev–Trinajstić information content (AvgIpc) is 2.48. The number of rotatable bonds is 1. The molecule has 0 bridgehead atoms. The fourth-order valence-corrected chi connectivity index (χ4v) is 2.18. The van der Waals surface area contributed by atoms with Crippen LogP contribution in [0.5, 0.6) is 0 Å². The molecule has 92 valence electrons. The molecule has 0 aromatic heterocycles. The lowest BCUT2D eigenvalue weighted by molar-refractivity contribution is -0.124. The number of carbonyl (C=O) groups is 2. The summed E-state index contributed by atoms with van der Waals surface area (Å²) in [7, 11) is 0. The van der Waals surface area contributed by atoms with Crippen LogP contribution >= 0.6 is 0 Å². The smallest absolute Gasteiger partial charge is 0.239 e. The van der Waals surface area contributed by atoms with Crippen LogP contribution in [0.25, 0.3) is 0 Å². The van der Waals surface area contributed by atoms with Gasteiger partial charge >= 0.3 is 0 Å². The van der Waals surface area contributed by atoms with Crippen LogP contribution in [0.15, 0.2) is 18.2 Å². The Kier molecular flexibility index (Phi) is 2.70. The number of nitriles is 1. The number of aryl methyl sites for hydroxylation is 1. The zero-order valence-corrected chi connectivity index (χ0v) is 10.7. The SMILES string of the molecule is Cc1cccc(N2C(=O)CC(C)(C)C2=O)c1C#N. The van der Waals surface area contributed by atoms with E-state index in [1.165, 1.54) is 0 Å². The largest absolute Gasteiger partial charge is 0.274 e. The fraction of sp³-hybridized carbons (Fsp3) is 0.357. The van der Waals surface area contributed by atoms with E-state index < -0.39 is 5.41 Å². The van der Waals surface area contributed by atoms with Gasteiger partial charge < -0.3 is 0 Å². The second-order valence-electron chi connectivity index (χ2n) is 5.18. The van der Waals surface area contributed by atoms with Gasteiger partial charge in [-0.25, -0.2) is 4.90 Å². The maximum absolute atomic E-state index is 12.2. The molecule has 2 amide bonds. The van der Waals surface area contributed by atoms with Gasteiger partial charge in [0.2, 0.25) is 11.8 Å². The summed E-state index contributed by atoms with van der Waals surface area (Å²) in [4.78, 5) is 25.3. The van der Waals surface area contributed by atoms with E-state index in [9.17, 15) is 9.59 Å². The zero-order valence-electron chi connectivity index (χ0n) is 10.7. The predicted octanol–water partition coefficient (Wildman–Crippen LogP) is 2.16.